The molecule has 0 atom stereocenters. The van der Waals surface area contributed by atoms with Crippen LogP contribution < -0.4 is 16.0 Å². The van der Waals surface area contributed by atoms with Crippen LogP contribution in [0.2, 0.25) is 0 Å². The molecule has 1 saturated carbocycles. The topological polar surface area (TPSA) is 65.5 Å². The standard InChI is InChI=1S/C14H17F3N4O/c1-2-18-14(20-8-3-4-8)19-7-11(22)21-10-6-5-9(15)12(16)13(10)17/h5-6,8H,2-4,7H2,1H3,(H,21,22)(H2,18,19,20). The molecule has 0 radical (unpaired) electrons. The van der Waals surface area contributed by atoms with Gasteiger partial charge in [-0.2, -0.15) is 0 Å². The highest BCUT2D eigenvalue weighted by atomic mass is 19.2. The first kappa shape index (κ1) is 16.1. The number of nitrogens with one attached hydrogen (secondary N) is 3. The van der Waals surface area contributed by atoms with Crippen molar-refractivity contribution in [2.75, 3.05) is 18.4 Å². The lowest BCUT2D eigenvalue weighted by Gasteiger charge is -2.10. The normalized spacial score (nSPS) is 14.6. The zero-order chi connectivity index (χ0) is 16.1. The maximum atomic E-state index is 13.4. The zero-order valence-electron chi connectivity index (χ0n) is 12.0. The number of carbonyl (C=O) groups excluding carboxylic acids is 1. The van der Waals surface area contributed by atoms with Gasteiger partial charge >= 0.3 is 0 Å². The highest BCUT2D eigenvalue weighted by Crippen LogP contribution is 2.19. The van der Waals surface area contributed by atoms with Crippen molar-refractivity contribution in [1.29, 1.82) is 0 Å². The quantitative estimate of drug-likeness (QED) is 0.441. The van der Waals surface area contributed by atoms with Crippen LogP contribution in [0, 0.1) is 17.5 Å². The van der Waals surface area contributed by atoms with Gasteiger partial charge in [-0.15, -0.1) is 0 Å². The Morgan fingerprint density at radius 2 is 2.00 bits per heavy atom. The number of benzene rings is 1. The van der Waals surface area contributed by atoms with Gasteiger partial charge < -0.3 is 16.0 Å². The Bertz CT molecular complexity index is 588. The summed E-state index contributed by atoms with van der Waals surface area (Å²) < 4.78 is 39.3. The number of hydrogen-bond acceptors (Lipinski definition) is 2. The van der Waals surface area contributed by atoms with E-state index in [1.807, 2.05) is 6.92 Å². The summed E-state index contributed by atoms with van der Waals surface area (Å²) in [5.74, 6) is -4.49. The first-order chi connectivity index (χ1) is 10.5. The summed E-state index contributed by atoms with van der Waals surface area (Å²) in [4.78, 5) is 15.8. The Balaban J connectivity index is 1.95. The number of nitrogens with zero attached hydrogens (tertiary/aromatic N) is 1. The Kier molecular flexibility index (Phi) is 5.24. The third-order valence-electron chi connectivity index (χ3n) is 2.95. The fraction of sp³-hybridized carbons (Fsp3) is 0.429. The van der Waals surface area contributed by atoms with Gasteiger partial charge in [-0.25, -0.2) is 18.2 Å². The highest BCUT2D eigenvalue weighted by Gasteiger charge is 2.22. The molecule has 1 aromatic rings. The average molecular weight is 314 g/mol. The van der Waals surface area contributed by atoms with Gasteiger partial charge in [0.05, 0.1) is 5.69 Å². The Labute approximate surface area is 126 Å². The van der Waals surface area contributed by atoms with Crippen molar-refractivity contribution < 1.29 is 18.0 Å². The van der Waals surface area contributed by atoms with Crippen molar-refractivity contribution in [3.05, 3.63) is 29.6 Å². The molecule has 0 heterocycles. The summed E-state index contributed by atoms with van der Waals surface area (Å²) in [6.45, 7) is 2.26. The van der Waals surface area contributed by atoms with Crippen molar-refractivity contribution in [3.8, 4) is 0 Å². The van der Waals surface area contributed by atoms with Gasteiger partial charge in [-0.1, -0.05) is 0 Å². The second kappa shape index (κ2) is 7.15. The summed E-state index contributed by atoms with van der Waals surface area (Å²) in [5, 5.41) is 8.25. The van der Waals surface area contributed by atoms with E-state index >= 15 is 0 Å². The highest BCUT2D eigenvalue weighted by molar-refractivity contribution is 5.94. The predicted octanol–water partition coefficient (Wildman–Crippen LogP) is 1.76. The largest absolute Gasteiger partial charge is 0.357 e. The van der Waals surface area contributed by atoms with Gasteiger partial charge in [0.1, 0.15) is 6.54 Å². The number of guanidine groups is 1. The van der Waals surface area contributed by atoms with Gasteiger partial charge in [-0.3, -0.25) is 4.79 Å². The van der Waals surface area contributed by atoms with Gasteiger partial charge in [0.2, 0.25) is 5.91 Å². The van der Waals surface area contributed by atoms with E-state index in [4.69, 9.17) is 0 Å². The van der Waals surface area contributed by atoms with Crippen LogP contribution in [0.25, 0.3) is 0 Å². The molecule has 0 saturated heterocycles. The molecule has 120 valence electrons. The summed E-state index contributed by atoms with van der Waals surface area (Å²) in [6.07, 6.45) is 2.10. The van der Waals surface area contributed by atoms with E-state index in [0.29, 0.717) is 18.5 Å². The molecule has 22 heavy (non-hydrogen) atoms. The molecule has 2 rings (SSSR count). The van der Waals surface area contributed by atoms with Crippen LogP contribution in [0.3, 0.4) is 0 Å². The first-order valence-corrected chi connectivity index (χ1v) is 6.99. The third-order valence-corrected chi connectivity index (χ3v) is 2.95. The summed E-state index contributed by atoms with van der Waals surface area (Å²) >= 11 is 0. The minimum absolute atomic E-state index is 0.263. The molecule has 3 N–H and O–H groups in total. The molecule has 1 fully saturated rings. The molecular formula is C14H17F3N4O. The summed E-state index contributed by atoms with van der Waals surface area (Å²) in [5.41, 5.74) is -0.417. The van der Waals surface area contributed by atoms with Crippen LogP contribution >= 0.6 is 0 Å². The summed E-state index contributed by atoms with van der Waals surface area (Å²) in [7, 11) is 0. The van der Waals surface area contributed by atoms with Crippen LogP contribution in [0.15, 0.2) is 17.1 Å². The minimum atomic E-state index is -1.62. The number of rotatable bonds is 5. The number of aliphatic imine (C=N–C) groups is 1. The summed E-state index contributed by atoms with van der Waals surface area (Å²) in [6, 6.07) is 2.07. The molecule has 8 heteroatoms. The second-order valence-electron chi connectivity index (χ2n) is 4.88. The lowest BCUT2D eigenvalue weighted by molar-refractivity contribution is -0.114. The number of carbonyl (C=O) groups is 1. The first-order valence-electron chi connectivity index (χ1n) is 6.99. The third kappa shape index (κ3) is 4.37. The molecule has 0 aromatic heterocycles. The number of halogens is 3. The maximum Gasteiger partial charge on any atom is 0.246 e. The van der Waals surface area contributed by atoms with Gasteiger partial charge in [0.15, 0.2) is 23.4 Å². The molecule has 1 amide bonds. The maximum absolute atomic E-state index is 13.4. The second-order valence-corrected chi connectivity index (χ2v) is 4.88. The van der Waals surface area contributed by atoms with Crippen molar-refractivity contribution in [2.45, 2.75) is 25.8 Å². The average Bonchev–Trinajstić information content (AvgIpc) is 3.30. The van der Waals surface area contributed by atoms with Crippen molar-refractivity contribution in [1.82, 2.24) is 10.6 Å². The molecule has 0 aliphatic heterocycles. The molecule has 0 bridgehead atoms. The molecule has 1 aromatic carbocycles. The van der Waals surface area contributed by atoms with Crippen LogP contribution in [0.5, 0.6) is 0 Å². The number of anilines is 1. The van der Waals surface area contributed by atoms with E-state index < -0.39 is 29.0 Å². The molecule has 1 aliphatic rings. The lowest BCUT2D eigenvalue weighted by Crippen LogP contribution is -2.39. The van der Waals surface area contributed by atoms with Crippen LogP contribution in [-0.2, 0) is 4.79 Å². The van der Waals surface area contributed by atoms with Crippen LogP contribution in [-0.4, -0.2) is 31.0 Å². The molecule has 1 aliphatic carbocycles. The fourth-order valence-corrected chi connectivity index (χ4v) is 1.70. The molecule has 0 spiro atoms. The van der Waals surface area contributed by atoms with Crippen molar-refractivity contribution in [3.63, 3.8) is 0 Å². The Morgan fingerprint density at radius 1 is 1.27 bits per heavy atom. The van der Waals surface area contributed by atoms with Crippen molar-refractivity contribution in [2.24, 2.45) is 4.99 Å². The molecule has 0 unspecified atom stereocenters. The van der Waals surface area contributed by atoms with Crippen LogP contribution in [0.1, 0.15) is 19.8 Å². The van der Waals surface area contributed by atoms with E-state index in [0.717, 1.165) is 25.0 Å². The fourth-order valence-electron chi connectivity index (χ4n) is 1.70. The Hall–Kier alpha value is -2.25. The Morgan fingerprint density at radius 3 is 2.64 bits per heavy atom. The number of hydrogen-bond donors (Lipinski definition) is 3. The smallest absolute Gasteiger partial charge is 0.246 e. The van der Waals surface area contributed by atoms with E-state index in [9.17, 15) is 18.0 Å². The monoisotopic (exact) mass is 314 g/mol. The van der Waals surface area contributed by atoms with Crippen LogP contribution in [0.4, 0.5) is 18.9 Å². The van der Waals surface area contributed by atoms with Gasteiger partial charge in [0, 0.05) is 12.6 Å². The molecule has 5 nitrogen and oxygen atoms in total. The van der Waals surface area contributed by atoms with E-state index in [-0.39, 0.29) is 6.54 Å². The van der Waals surface area contributed by atoms with E-state index in [2.05, 4.69) is 20.9 Å². The van der Waals surface area contributed by atoms with Gasteiger partial charge in [-0.05, 0) is 31.9 Å². The van der Waals surface area contributed by atoms with Gasteiger partial charge in [0.25, 0.3) is 0 Å². The molecular weight excluding hydrogens is 297 g/mol. The lowest BCUT2D eigenvalue weighted by atomic mass is 10.3. The van der Waals surface area contributed by atoms with Crippen molar-refractivity contribution >= 4 is 17.6 Å². The zero-order valence-corrected chi connectivity index (χ0v) is 12.0. The SMILES string of the molecule is CCNC(=NCC(=O)Nc1ccc(F)c(F)c1F)NC1CC1. The number of amides is 1. The van der Waals surface area contributed by atoms with E-state index in [1.54, 1.807) is 0 Å². The predicted molar refractivity (Wildman–Crippen MR) is 77.1 cm³/mol. The van der Waals surface area contributed by atoms with E-state index in [1.165, 1.54) is 0 Å². The minimum Gasteiger partial charge on any atom is -0.357 e.